The Morgan fingerprint density at radius 2 is 1.67 bits per heavy atom. The van der Waals surface area contributed by atoms with Gasteiger partial charge in [0.1, 0.15) is 5.75 Å². The Morgan fingerprint density at radius 3 is 2.28 bits per heavy atom. The van der Waals surface area contributed by atoms with Crippen molar-refractivity contribution in [1.82, 2.24) is 14.8 Å². The molecule has 0 aliphatic rings. The Hall–Kier alpha value is -3.67. The summed E-state index contributed by atoms with van der Waals surface area (Å²) in [6.45, 7) is 4.52. The number of aromatic nitrogens is 3. The van der Waals surface area contributed by atoms with Crippen molar-refractivity contribution in [2.75, 3.05) is 17.7 Å². The lowest BCUT2D eigenvalue weighted by Crippen LogP contribution is -2.15. The van der Waals surface area contributed by atoms with Gasteiger partial charge >= 0.3 is 0 Å². The number of sulfonamides is 1. The first-order chi connectivity index (χ1) is 17.2. The van der Waals surface area contributed by atoms with Crippen molar-refractivity contribution in [3.05, 3.63) is 78.4 Å². The second kappa shape index (κ2) is 10.9. The molecule has 0 aliphatic carbocycles. The summed E-state index contributed by atoms with van der Waals surface area (Å²) in [4.78, 5) is 12.6. The van der Waals surface area contributed by atoms with Gasteiger partial charge in [0.15, 0.2) is 11.0 Å². The van der Waals surface area contributed by atoms with Crippen LogP contribution >= 0.6 is 11.8 Å². The van der Waals surface area contributed by atoms with Gasteiger partial charge in [0.25, 0.3) is 0 Å². The summed E-state index contributed by atoms with van der Waals surface area (Å²) >= 11 is 1.24. The average molecular weight is 524 g/mol. The van der Waals surface area contributed by atoms with Gasteiger partial charge in [0.05, 0.1) is 17.3 Å². The highest BCUT2D eigenvalue weighted by atomic mass is 32.2. The summed E-state index contributed by atoms with van der Waals surface area (Å²) in [5.41, 5.74) is 3.32. The molecule has 0 radical (unpaired) electrons. The maximum atomic E-state index is 12.6. The molecule has 3 N–H and O–H groups in total. The van der Waals surface area contributed by atoms with Crippen molar-refractivity contribution in [3.8, 4) is 22.8 Å². The molecule has 4 rings (SSSR count). The van der Waals surface area contributed by atoms with E-state index in [1.165, 1.54) is 36.0 Å². The maximum absolute atomic E-state index is 12.6. The molecule has 1 heterocycles. The van der Waals surface area contributed by atoms with Crippen LogP contribution in [0.25, 0.3) is 17.1 Å². The Balaban J connectivity index is 1.55. The number of amides is 1. The number of benzene rings is 3. The first-order valence-electron chi connectivity index (χ1n) is 11.1. The predicted octanol–water partition coefficient (Wildman–Crippen LogP) is 4.02. The number of carbonyl (C=O) groups excluding carboxylic acids is 1. The van der Waals surface area contributed by atoms with Crippen LogP contribution in [0.4, 0.5) is 5.69 Å². The number of carbonyl (C=O) groups is 1. The second-order valence-corrected chi connectivity index (χ2v) is 10.3. The van der Waals surface area contributed by atoms with E-state index in [1.807, 2.05) is 66.9 Å². The third-order valence-electron chi connectivity index (χ3n) is 5.15. The Kier molecular flexibility index (Phi) is 7.73. The van der Waals surface area contributed by atoms with Crippen LogP contribution in [0.15, 0.2) is 82.8 Å². The molecule has 0 unspecified atom stereocenters. The van der Waals surface area contributed by atoms with Crippen molar-refractivity contribution < 1.29 is 17.9 Å². The van der Waals surface area contributed by atoms with Crippen molar-refractivity contribution in [2.24, 2.45) is 5.14 Å². The zero-order chi connectivity index (χ0) is 25.7. The molecule has 0 bridgehead atoms. The summed E-state index contributed by atoms with van der Waals surface area (Å²) in [6.07, 6.45) is 0. The number of rotatable bonds is 9. The number of nitrogens with two attached hydrogens (primary N) is 1. The Bertz CT molecular complexity index is 1450. The number of hydrogen-bond donors (Lipinski definition) is 2. The topological polar surface area (TPSA) is 129 Å². The average Bonchev–Trinajstić information content (AvgIpc) is 3.28. The SMILES string of the molecule is CCOc1ccc(-n2c(SCC(=O)Nc3ccc(S(N)(=O)=O)cc3)nnc2-c2ccc(C)cc2)cc1. The van der Waals surface area contributed by atoms with Gasteiger partial charge in [-0.25, -0.2) is 13.6 Å². The van der Waals surface area contributed by atoms with Crippen LogP contribution in [0.2, 0.25) is 0 Å². The summed E-state index contributed by atoms with van der Waals surface area (Å²) in [5, 5.41) is 17.2. The van der Waals surface area contributed by atoms with E-state index in [4.69, 9.17) is 9.88 Å². The third kappa shape index (κ3) is 6.11. The molecule has 0 saturated carbocycles. The lowest BCUT2D eigenvalue weighted by molar-refractivity contribution is -0.113. The van der Waals surface area contributed by atoms with E-state index in [9.17, 15) is 13.2 Å². The quantitative estimate of drug-likeness (QED) is 0.317. The zero-order valence-electron chi connectivity index (χ0n) is 19.7. The van der Waals surface area contributed by atoms with Gasteiger partial charge in [-0.15, -0.1) is 10.2 Å². The second-order valence-electron chi connectivity index (χ2n) is 7.84. The summed E-state index contributed by atoms with van der Waals surface area (Å²) in [6, 6.07) is 21.2. The van der Waals surface area contributed by atoms with Gasteiger partial charge in [-0.1, -0.05) is 41.6 Å². The maximum Gasteiger partial charge on any atom is 0.238 e. The summed E-state index contributed by atoms with van der Waals surface area (Å²) in [5.74, 6) is 1.20. The normalized spacial score (nSPS) is 11.3. The van der Waals surface area contributed by atoms with Gasteiger partial charge in [-0.05, 0) is 62.4 Å². The number of nitrogens with one attached hydrogen (secondary N) is 1. The molecule has 0 aliphatic heterocycles. The van der Waals surface area contributed by atoms with Crippen molar-refractivity contribution in [2.45, 2.75) is 23.9 Å². The molecule has 36 heavy (non-hydrogen) atoms. The van der Waals surface area contributed by atoms with Crippen molar-refractivity contribution in [1.29, 1.82) is 0 Å². The van der Waals surface area contributed by atoms with E-state index in [-0.39, 0.29) is 16.6 Å². The highest BCUT2D eigenvalue weighted by Crippen LogP contribution is 2.29. The number of aryl methyl sites for hydroxylation is 1. The first kappa shape index (κ1) is 25.4. The van der Waals surface area contributed by atoms with Gasteiger partial charge < -0.3 is 10.1 Å². The van der Waals surface area contributed by atoms with Crippen LogP contribution in [-0.2, 0) is 14.8 Å². The molecule has 9 nitrogen and oxygen atoms in total. The van der Waals surface area contributed by atoms with Crippen LogP contribution in [0.3, 0.4) is 0 Å². The Labute approximate surface area is 213 Å². The highest BCUT2D eigenvalue weighted by molar-refractivity contribution is 7.99. The minimum absolute atomic E-state index is 0.0260. The lowest BCUT2D eigenvalue weighted by Gasteiger charge is -2.12. The monoisotopic (exact) mass is 523 g/mol. The minimum atomic E-state index is -3.80. The number of primary sulfonamides is 1. The standard InChI is InChI=1S/C25H25N5O4S2/c1-3-34-21-12-10-20(11-13-21)30-24(18-6-4-17(2)5-7-18)28-29-25(30)35-16-23(31)27-19-8-14-22(15-9-19)36(26,32)33/h4-15H,3,16H2,1-2H3,(H,27,31)(H2,26,32,33). The third-order valence-corrected chi connectivity index (χ3v) is 7.01. The van der Waals surface area contributed by atoms with Crippen molar-refractivity contribution >= 4 is 33.4 Å². The molecule has 0 spiro atoms. The summed E-state index contributed by atoms with van der Waals surface area (Å²) in [7, 11) is -3.80. The van der Waals surface area contributed by atoms with Crippen LogP contribution in [0.5, 0.6) is 5.75 Å². The molecule has 1 amide bonds. The van der Waals surface area contributed by atoms with E-state index in [0.29, 0.717) is 23.3 Å². The molecule has 3 aromatic carbocycles. The first-order valence-corrected chi connectivity index (χ1v) is 13.6. The predicted molar refractivity (Wildman–Crippen MR) is 140 cm³/mol. The molecule has 4 aromatic rings. The zero-order valence-corrected chi connectivity index (χ0v) is 21.3. The molecule has 11 heteroatoms. The fourth-order valence-electron chi connectivity index (χ4n) is 3.40. The van der Waals surface area contributed by atoms with Crippen LogP contribution in [0, 0.1) is 6.92 Å². The van der Waals surface area contributed by atoms with Crippen LogP contribution < -0.4 is 15.2 Å². The van der Waals surface area contributed by atoms with Gasteiger partial charge in [0, 0.05) is 16.9 Å². The molecule has 1 aromatic heterocycles. The molecular formula is C25H25N5O4S2. The summed E-state index contributed by atoms with van der Waals surface area (Å²) < 4.78 is 30.3. The fourth-order valence-corrected chi connectivity index (χ4v) is 4.67. The number of thioether (sulfide) groups is 1. The van der Waals surface area contributed by atoms with Crippen molar-refractivity contribution in [3.63, 3.8) is 0 Å². The highest BCUT2D eigenvalue weighted by Gasteiger charge is 2.18. The van der Waals surface area contributed by atoms with E-state index in [1.54, 1.807) is 0 Å². The number of ether oxygens (including phenoxy) is 1. The largest absolute Gasteiger partial charge is 0.494 e. The number of hydrogen-bond acceptors (Lipinski definition) is 7. The van der Waals surface area contributed by atoms with Gasteiger partial charge in [0.2, 0.25) is 15.9 Å². The fraction of sp³-hybridized carbons (Fsp3) is 0.160. The van der Waals surface area contributed by atoms with Gasteiger partial charge in [-0.2, -0.15) is 0 Å². The molecular weight excluding hydrogens is 498 g/mol. The van der Waals surface area contributed by atoms with Crippen LogP contribution in [0.1, 0.15) is 12.5 Å². The van der Waals surface area contributed by atoms with E-state index in [2.05, 4.69) is 15.5 Å². The van der Waals surface area contributed by atoms with Gasteiger partial charge in [-0.3, -0.25) is 9.36 Å². The number of nitrogens with zero attached hydrogens (tertiary/aromatic N) is 3. The lowest BCUT2D eigenvalue weighted by atomic mass is 10.1. The van der Waals surface area contributed by atoms with E-state index in [0.717, 1.165) is 22.6 Å². The molecule has 186 valence electrons. The van der Waals surface area contributed by atoms with E-state index < -0.39 is 10.0 Å². The molecule has 0 fully saturated rings. The van der Waals surface area contributed by atoms with E-state index >= 15 is 0 Å². The minimum Gasteiger partial charge on any atom is -0.494 e. The Morgan fingerprint density at radius 1 is 1.00 bits per heavy atom. The molecule has 0 atom stereocenters. The number of anilines is 1. The smallest absolute Gasteiger partial charge is 0.238 e. The molecule has 0 saturated heterocycles. The van der Waals surface area contributed by atoms with Crippen LogP contribution in [-0.4, -0.2) is 41.4 Å².